The molecular formula is C23H24ClFN4O. The van der Waals surface area contributed by atoms with Crippen molar-refractivity contribution >= 4 is 18.3 Å². The average molecular weight is 427 g/mol. The molecule has 2 aliphatic heterocycles. The van der Waals surface area contributed by atoms with Crippen LogP contribution in [0.4, 0.5) is 4.39 Å². The van der Waals surface area contributed by atoms with E-state index in [1.165, 1.54) is 6.07 Å². The van der Waals surface area contributed by atoms with Gasteiger partial charge in [-0.05, 0) is 54.4 Å². The van der Waals surface area contributed by atoms with E-state index in [2.05, 4.69) is 22.1 Å². The minimum atomic E-state index is -0.206. The van der Waals surface area contributed by atoms with E-state index in [1.807, 2.05) is 41.3 Å². The summed E-state index contributed by atoms with van der Waals surface area (Å²) in [7, 11) is 2.09. The fraction of sp³-hybridized carbons (Fsp3) is 0.304. The van der Waals surface area contributed by atoms with Crippen LogP contribution in [-0.4, -0.2) is 52.6 Å². The maximum absolute atomic E-state index is 13.8. The number of halogens is 2. The fourth-order valence-corrected chi connectivity index (χ4v) is 5.01. The summed E-state index contributed by atoms with van der Waals surface area (Å²) in [6.45, 7) is 2.38. The minimum Gasteiger partial charge on any atom is -0.338 e. The Morgan fingerprint density at radius 1 is 1.10 bits per heavy atom. The first-order valence-corrected chi connectivity index (χ1v) is 9.95. The van der Waals surface area contributed by atoms with Crippen molar-refractivity contribution in [1.29, 1.82) is 0 Å². The van der Waals surface area contributed by atoms with E-state index in [0.717, 1.165) is 29.9 Å². The zero-order chi connectivity index (χ0) is 20.0. The number of hydrogen-bond acceptors (Lipinski definition) is 3. The van der Waals surface area contributed by atoms with Crippen LogP contribution in [0.25, 0.3) is 11.3 Å². The summed E-state index contributed by atoms with van der Waals surface area (Å²) in [5.41, 5.74) is 3.63. The first-order valence-electron chi connectivity index (χ1n) is 9.95. The monoisotopic (exact) mass is 426 g/mol. The minimum absolute atomic E-state index is 0. The third kappa shape index (κ3) is 3.61. The highest BCUT2D eigenvalue weighted by molar-refractivity contribution is 5.95. The Labute approximate surface area is 181 Å². The number of rotatable bonds is 3. The van der Waals surface area contributed by atoms with Gasteiger partial charge in [0.2, 0.25) is 0 Å². The Morgan fingerprint density at radius 3 is 2.60 bits per heavy atom. The van der Waals surface area contributed by atoms with E-state index in [4.69, 9.17) is 0 Å². The van der Waals surface area contributed by atoms with Gasteiger partial charge in [0.05, 0.1) is 5.69 Å². The molecule has 0 spiro atoms. The normalized spacial score (nSPS) is 23.3. The molecule has 1 N–H and O–H groups in total. The van der Waals surface area contributed by atoms with Crippen molar-refractivity contribution < 1.29 is 9.18 Å². The topological polar surface area (TPSA) is 52.2 Å². The van der Waals surface area contributed by atoms with Crippen LogP contribution in [0.15, 0.2) is 60.8 Å². The van der Waals surface area contributed by atoms with Crippen LogP contribution in [0.5, 0.6) is 0 Å². The number of benzene rings is 2. The molecule has 0 radical (unpaired) electrons. The summed E-state index contributed by atoms with van der Waals surface area (Å²) < 4.78 is 13.8. The Balaban J connectivity index is 0.00000218. The molecule has 5 rings (SSSR count). The van der Waals surface area contributed by atoms with Crippen molar-refractivity contribution in [2.24, 2.45) is 11.8 Å². The van der Waals surface area contributed by atoms with Crippen molar-refractivity contribution in [3.63, 3.8) is 0 Å². The molecule has 0 aliphatic carbocycles. The Bertz CT molecular complexity index is 1020. The number of amides is 1. The molecule has 2 saturated heterocycles. The standard InChI is InChI=1S/C23H23FN4O.ClH/c1-27-12-18-13-28(14-20(18)22(27)17-3-2-4-19(24)11-17)23(29)16-7-5-15(6-8-16)21-9-10-25-26-21;/h2-11,18,20,22H,12-14H2,1H3,(H,25,26);1H/t18-,20+,22-;/m0./s1. The largest absolute Gasteiger partial charge is 0.338 e. The van der Waals surface area contributed by atoms with E-state index in [1.54, 1.807) is 18.3 Å². The smallest absolute Gasteiger partial charge is 0.253 e. The second-order valence-electron chi connectivity index (χ2n) is 8.12. The van der Waals surface area contributed by atoms with Crippen LogP contribution in [0.3, 0.4) is 0 Å². The number of hydrogen-bond donors (Lipinski definition) is 1. The average Bonchev–Trinajstić information content (AvgIpc) is 3.44. The third-order valence-corrected chi connectivity index (χ3v) is 6.32. The van der Waals surface area contributed by atoms with E-state index < -0.39 is 0 Å². The van der Waals surface area contributed by atoms with Crippen molar-refractivity contribution in [3.8, 4) is 11.3 Å². The van der Waals surface area contributed by atoms with Crippen molar-refractivity contribution in [3.05, 3.63) is 77.7 Å². The Hall–Kier alpha value is -2.70. The summed E-state index contributed by atoms with van der Waals surface area (Å²) in [6.07, 6.45) is 1.71. The molecule has 2 aliphatic rings. The van der Waals surface area contributed by atoms with Gasteiger partial charge in [-0.15, -0.1) is 12.4 Å². The van der Waals surface area contributed by atoms with Crippen LogP contribution >= 0.6 is 12.4 Å². The van der Waals surface area contributed by atoms with E-state index in [-0.39, 0.29) is 30.2 Å². The molecule has 0 unspecified atom stereocenters. The van der Waals surface area contributed by atoms with Gasteiger partial charge in [-0.2, -0.15) is 5.10 Å². The lowest BCUT2D eigenvalue weighted by atomic mass is 9.89. The second-order valence-corrected chi connectivity index (χ2v) is 8.12. The number of nitrogens with zero attached hydrogens (tertiary/aromatic N) is 3. The molecule has 2 aromatic carbocycles. The zero-order valence-corrected chi connectivity index (χ0v) is 17.5. The summed E-state index contributed by atoms with van der Waals surface area (Å²) in [4.78, 5) is 17.3. The van der Waals surface area contributed by atoms with Crippen LogP contribution in [-0.2, 0) is 0 Å². The molecule has 3 aromatic rings. The van der Waals surface area contributed by atoms with Gasteiger partial charge in [-0.3, -0.25) is 14.8 Å². The van der Waals surface area contributed by atoms with Gasteiger partial charge in [0, 0.05) is 43.4 Å². The van der Waals surface area contributed by atoms with Gasteiger partial charge in [0.15, 0.2) is 0 Å². The molecule has 3 atom stereocenters. The summed E-state index contributed by atoms with van der Waals surface area (Å²) in [5, 5.41) is 6.90. The highest BCUT2D eigenvalue weighted by atomic mass is 35.5. The number of fused-ring (bicyclic) bond motifs is 1. The first-order chi connectivity index (χ1) is 14.1. The summed E-state index contributed by atoms with van der Waals surface area (Å²) in [6, 6.07) is 16.6. The number of carbonyl (C=O) groups excluding carboxylic acids is 1. The lowest BCUT2D eigenvalue weighted by Crippen LogP contribution is -2.33. The summed E-state index contributed by atoms with van der Waals surface area (Å²) in [5.74, 6) is 0.607. The molecule has 1 amide bonds. The number of nitrogens with one attached hydrogen (secondary N) is 1. The van der Waals surface area contributed by atoms with Crippen LogP contribution in [0.2, 0.25) is 0 Å². The lowest BCUT2D eigenvalue weighted by Gasteiger charge is -2.27. The maximum Gasteiger partial charge on any atom is 0.253 e. The molecule has 1 aromatic heterocycles. The number of H-pyrrole nitrogens is 1. The number of likely N-dealkylation sites (tertiary alicyclic amines) is 2. The van der Waals surface area contributed by atoms with Gasteiger partial charge in [0.1, 0.15) is 5.82 Å². The van der Waals surface area contributed by atoms with E-state index in [0.29, 0.717) is 23.9 Å². The molecule has 2 fully saturated rings. The van der Waals surface area contributed by atoms with E-state index >= 15 is 0 Å². The molecule has 0 bridgehead atoms. The molecule has 0 saturated carbocycles. The van der Waals surface area contributed by atoms with Crippen molar-refractivity contribution in [2.45, 2.75) is 6.04 Å². The molecule has 156 valence electrons. The quantitative estimate of drug-likeness (QED) is 0.688. The number of carbonyl (C=O) groups is 1. The molecule has 3 heterocycles. The molecule has 30 heavy (non-hydrogen) atoms. The highest BCUT2D eigenvalue weighted by Gasteiger charge is 2.47. The Morgan fingerprint density at radius 2 is 1.90 bits per heavy atom. The van der Waals surface area contributed by atoms with Gasteiger partial charge < -0.3 is 4.90 Å². The summed E-state index contributed by atoms with van der Waals surface area (Å²) >= 11 is 0. The SMILES string of the molecule is CN1C[C@H]2CN(C(=O)c3ccc(-c4ccn[nH]4)cc3)C[C@H]2[C@@H]1c1cccc(F)c1.Cl. The zero-order valence-electron chi connectivity index (χ0n) is 16.7. The van der Waals surface area contributed by atoms with Gasteiger partial charge in [0.25, 0.3) is 5.91 Å². The van der Waals surface area contributed by atoms with Crippen LogP contribution in [0.1, 0.15) is 22.0 Å². The first kappa shape index (κ1) is 20.6. The number of aromatic amines is 1. The third-order valence-electron chi connectivity index (χ3n) is 6.32. The Kier molecular flexibility index (Phi) is 5.62. The van der Waals surface area contributed by atoms with Crippen LogP contribution in [0, 0.1) is 17.7 Å². The predicted molar refractivity (Wildman–Crippen MR) is 116 cm³/mol. The second kappa shape index (κ2) is 8.20. The maximum atomic E-state index is 13.8. The van der Waals surface area contributed by atoms with E-state index in [9.17, 15) is 9.18 Å². The highest BCUT2D eigenvalue weighted by Crippen LogP contribution is 2.44. The lowest BCUT2D eigenvalue weighted by molar-refractivity contribution is 0.0768. The van der Waals surface area contributed by atoms with Gasteiger partial charge >= 0.3 is 0 Å². The van der Waals surface area contributed by atoms with Gasteiger partial charge in [-0.1, -0.05) is 24.3 Å². The fourth-order valence-electron chi connectivity index (χ4n) is 5.01. The predicted octanol–water partition coefficient (Wildman–Crippen LogP) is 4.01. The molecule has 7 heteroatoms. The molecule has 5 nitrogen and oxygen atoms in total. The number of aromatic nitrogens is 2. The van der Waals surface area contributed by atoms with Gasteiger partial charge in [-0.25, -0.2) is 4.39 Å². The van der Waals surface area contributed by atoms with Crippen molar-refractivity contribution in [1.82, 2.24) is 20.0 Å². The van der Waals surface area contributed by atoms with Crippen molar-refractivity contribution in [2.75, 3.05) is 26.7 Å². The molecular weight excluding hydrogens is 403 g/mol. The van der Waals surface area contributed by atoms with Crippen LogP contribution < -0.4 is 0 Å².